The van der Waals surface area contributed by atoms with Crippen LogP contribution in [-0.4, -0.2) is 25.7 Å². The molecule has 6 heteroatoms. The molecule has 0 aromatic heterocycles. The van der Waals surface area contributed by atoms with Crippen molar-refractivity contribution in [1.82, 2.24) is 0 Å². The van der Waals surface area contributed by atoms with Gasteiger partial charge in [0, 0.05) is 25.2 Å². The third-order valence-electron chi connectivity index (χ3n) is 3.02. The minimum Gasteiger partial charge on any atom is -0.435 e. The SMILES string of the molecule is NC1CCN(c2ccc(OC(F)F)cc2F)CC1. The van der Waals surface area contributed by atoms with E-state index in [4.69, 9.17) is 5.73 Å². The Labute approximate surface area is 103 Å². The number of hydrogen-bond donors (Lipinski definition) is 1. The first-order valence-electron chi connectivity index (χ1n) is 5.81. The number of benzene rings is 1. The number of alkyl halides is 2. The number of hydrogen-bond acceptors (Lipinski definition) is 3. The summed E-state index contributed by atoms with van der Waals surface area (Å²) in [6, 6.07) is 3.95. The molecule has 0 atom stereocenters. The van der Waals surface area contributed by atoms with Crippen molar-refractivity contribution in [1.29, 1.82) is 0 Å². The zero-order valence-corrected chi connectivity index (χ0v) is 9.78. The number of piperidine rings is 1. The monoisotopic (exact) mass is 260 g/mol. The Hall–Kier alpha value is -1.43. The van der Waals surface area contributed by atoms with Crippen LogP contribution in [0.5, 0.6) is 5.75 Å². The summed E-state index contributed by atoms with van der Waals surface area (Å²) in [6.07, 6.45) is 1.60. The van der Waals surface area contributed by atoms with E-state index in [0.29, 0.717) is 18.8 Å². The molecule has 0 saturated carbocycles. The highest BCUT2D eigenvalue weighted by molar-refractivity contribution is 5.51. The molecule has 0 radical (unpaired) electrons. The summed E-state index contributed by atoms with van der Waals surface area (Å²) in [5, 5.41) is 0. The summed E-state index contributed by atoms with van der Waals surface area (Å²) in [6.45, 7) is -1.59. The van der Waals surface area contributed by atoms with Crippen LogP contribution in [0.1, 0.15) is 12.8 Å². The van der Waals surface area contributed by atoms with Crippen molar-refractivity contribution in [3.05, 3.63) is 24.0 Å². The first kappa shape index (κ1) is 13.0. The summed E-state index contributed by atoms with van der Waals surface area (Å²) in [5.74, 6) is -0.719. The Balaban J connectivity index is 2.09. The van der Waals surface area contributed by atoms with Crippen molar-refractivity contribution in [2.45, 2.75) is 25.5 Å². The average Bonchev–Trinajstić information content (AvgIpc) is 2.30. The second-order valence-corrected chi connectivity index (χ2v) is 4.32. The van der Waals surface area contributed by atoms with Gasteiger partial charge in [0.1, 0.15) is 11.6 Å². The van der Waals surface area contributed by atoms with Crippen LogP contribution in [0.15, 0.2) is 18.2 Å². The van der Waals surface area contributed by atoms with Gasteiger partial charge in [0.25, 0.3) is 0 Å². The van der Waals surface area contributed by atoms with Gasteiger partial charge in [-0.2, -0.15) is 8.78 Å². The Morgan fingerprint density at radius 2 is 1.94 bits per heavy atom. The summed E-state index contributed by atoms with van der Waals surface area (Å²) in [5.41, 5.74) is 6.17. The Bertz CT molecular complexity index is 406. The molecule has 0 bridgehead atoms. The van der Waals surface area contributed by atoms with Crippen LogP contribution in [0, 0.1) is 5.82 Å². The maximum Gasteiger partial charge on any atom is 0.387 e. The van der Waals surface area contributed by atoms with Crippen molar-refractivity contribution >= 4 is 5.69 Å². The van der Waals surface area contributed by atoms with E-state index < -0.39 is 12.4 Å². The van der Waals surface area contributed by atoms with Gasteiger partial charge in [-0.1, -0.05) is 0 Å². The minimum absolute atomic E-state index is 0.158. The van der Waals surface area contributed by atoms with E-state index in [2.05, 4.69) is 4.74 Å². The lowest BCUT2D eigenvalue weighted by molar-refractivity contribution is -0.0499. The fraction of sp³-hybridized carbons (Fsp3) is 0.500. The minimum atomic E-state index is -2.94. The Morgan fingerprint density at radius 1 is 1.28 bits per heavy atom. The lowest BCUT2D eigenvalue weighted by Gasteiger charge is -2.32. The number of rotatable bonds is 3. The van der Waals surface area contributed by atoms with Gasteiger partial charge in [-0.3, -0.25) is 0 Å². The molecule has 1 saturated heterocycles. The van der Waals surface area contributed by atoms with Gasteiger partial charge >= 0.3 is 6.61 Å². The molecule has 18 heavy (non-hydrogen) atoms. The molecule has 1 aliphatic rings. The zero-order chi connectivity index (χ0) is 13.1. The fourth-order valence-electron chi connectivity index (χ4n) is 2.06. The summed E-state index contributed by atoms with van der Waals surface area (Å²) in [4.78, 5) is 1.87. The molecule has 3 nitrogen and oxygen atoms in total. The molecule has 1 fully saturated rings. The predicted molar refractivity (Wildman–Crippen MR) is 62.5 cm³/mol. The second-order valence-electron chi connectivity index (χ2n) is 4.32. The topological polar surface area (TPSA) is 38.5 Å². The molecule has 0 aliphatic carbocycles. The molecular weight excluding hydrogens is 245 g/mol. The highest BCUT2D eigenvalue weighted by Gasteiger charge is 2.19. The van der Waals surface area contributed by atoms with E-state index in [1.54, 1.807) is 0 Å². The van der Waals surface area contributed by atoms with Crippen molar-refractivity contribution in [2.75, 3.05) is 18.0 Å². The van der Waals surface area contributed by atoms with Crippen LogP contribution in [0.2, 0.25) is 0 Å². The molecule has 0 amide bonds. The lowest BCUT2D eigenvalue weighted by atomic mass is 10.1. The van der Waals surface area contributed by atoms with Gasteiger partial charge in [0.15, 0.2) is 0 Å². The zero-order valence-electron chi connectivity index (χ0n) is 9.78. The van der Waals surface area contributed by atoms with Crippen molar-refractivity contribution < 1.29 is 17.9 Å². The molecule has 0 unspecified atom stereocenters. The summed E-state index contributed by atoms with van der Waals surface area (Å²) < 4.78 is 41.9. The second kappa shape index (κ2) is 5.48. The van der Waals surface area contributed by atoms with E-state index in [0.717, 1.165) is 18.9 Å². The van der Waals surface area contributed by atoms with E-state index in [1.807, 2.05) is 4.90 Å². The van der Waals surface area contributed by atoms with Gasteiger partial charge in [-0.25, -0.2) is 4.39 Å². The van der Waals surface area contributed by atoms with Gasteiger partial charge in [0.2, 0.25) is 0 Å². The van der Waals surface area contributed by atoms with Crippen LogP contribution in [0.3, 0.4) is 0 Å². The predicted octanol–water partition coefficient (Wildman–Crippen LogP) is 2.35. The van der Waals surface area contributed by atoms with Crippen LogP contribution >= 0.6 is 0 Å². The Kier molecular flexibility index (Phi) is 3.96. The molecule has 1 aromatic carbocycles. The normalized spacial score (nSPS) is 17.3. The molecular formula is C12H15F3N2O. The van der Waals surface area contributed by atoms with Crippen LogP contribution < -0.4 is 15.4 Å². The van der Waals surface area contributed by atoms with E-state index >= 15 is 0 Å². The maximum absolute atomic E-state index is 13.8. The third kappa shape index (κ3) is 3.07. The molecule has 100 valence electrons. The molecule has 2 rings (SSSR count). The highest BCUT2D eigenvalue weighted by Crippen LogP contribution is 2.27. The van der Waals surface area contributed by atoms with E-state index in [9.17, 15) is 13.2 Å². The Morgan fingerprint density at radius 3 is 2.50 bits per heavy atom. The third-order valence-corrected chi connectivity index (χ3v) is 3.02. The smallest absolute Gasteiger partial charge is 0.387 e. The van der Waals surface area contributed by atoms with Gasteiger partial charge in [-0.05, 0) is 25.0 Å². The van der Waals surface area contributed by atoms with Crippen molar-refractivity contribution in [3.8, 4) is 5.75 Å². The van der Waals surface area contributed by atoms with Gasteiger partial charge in [-0.15, -0.1) is 0 Å². The molecule has 1 heterocycles. The lowest BCUT2D eigenvalue weighted by Crippen LogP contribution is -2.40. The average molecular weight is 260 g/mol. The standard InChI is InChI=1S/C12H15F3N2O/c13-10-7-9(18-12(14)15)1-2-11(10)17-5-3-8(16)4-6-17/h1-2,7-8,12H,3-6,16H2. The summed E-state index contributed by atoms with van der Waals surface area (Å²) >= 11 is 0. The summed E-state index contributed by atoms with van der Waals surface area (Å²) in [7, 11) is 0. The van der Waals surface area contributed by atoms with Gasteiger partial charge < -0.3 is 15.4 Å². The van der Waals surface area contributed by atoms with Crippen LogP contribution in [0.4, 0.5) is 18.9 Å². The molecule has 2 N–H and O–H groups in total. The van der Waals surface area contributed by atoms with Crippen molar-refractivity contribution in [2.24, 2.45) is 5.73 Å². The van der Waals surface area contributed by atoms with Gasteiger partial charge in [0.05, 0.1) is 5.69 Å². The largest absolute Gasteiger partial charge is 0.435 e. The molecule has 1 aliphatic heterocycles. The number of anilines is 1. The number of ether oxygens (including phenoxy) is 1. The van der Waals surface area contributed by atoms with E-state index in [1.165, 1.54) is 12.1 Å². The van der Waals surface area contributed by atoms with Crippen molar-refractivity contribution in [3.63, 3.8) is 0 Å². The van der Waals surface area contributed by atoms with Crippen LogP contribution in [-0.2, 0) is 0 Å². The first-order chi connectivity index (χ1) is 8.56. The highest BCUT2D eigenvalue weighted by atomic mass is 19.3. The quantitative estimate of drug-likeness (QED) is 0.906. The maximum atomic E-state index is 13.8. The van der Waals surface area contributed by atoms with Crippen LogP contribution in [0.25, 0.3) is 0 Å². The number of nitrogens with zero attached hydrogens (tertiary/aromatic N) is 1. The molecule has 0 spiro atoms. The number of halogens is 3. The molecule has 1 aromatic rings. The number of nitrogens with two attached hydrogens (primary N) is 1. The van der Waals surface area contributed by atoms with E-state index in [-0.39, 0.29) is 11.8 Å². The first-order valence-corrected chi connectivity index (χ1v) is 5.81. The fourth-order valence-corrected chi connectivity index (χ4v) is 2.06.